The van der Waals surface area contributed by atoms with E-state index in [2.05, 4.69) is 4.72 Å². The molecule has 0 heterocycles. The van der Waals surface area contributed by atoms with E-state index in [9.17, 15) is 12.8 Å². The zero-order valence-corrected chi connectivity index (χ0v) is 19.2. The molecule has 3 aromatic carbocycles. The van der Waals surface area contributed by atoms with Gasteiger partial charge in [-0.2, -0.15) is 0 Å². The maximum absolute atomic E-state index is 13.0. The molecule has 0 fully saturated rings. The van der Waals surface area contributed by atoms with Crippen molar-refractivity contribution in [2.45, 2.75) is 10.9 Å². The van der Waals surface area contributed by atoms with Gasteiger partial charge >= 0.3 is 0 Å². The Morgan fingerprint density at radius 1 is 0.935 bits per heavy atom. The maximum Gasteiger partial charge on any atom is 0.241 e. The third-order valence-electron chi connectivity index (χ3n) is 4.37. The zero-order chi connectivity index (χ0) is 22.6. The number of nitrogens with zero attached hydrogens (tertiary/aromatic N) is 1. The Morgan fingerprint density at radius 3 is 2.06 bits per heavy atom. The fourth-order valence-electron chi connectivity index (χ4n) is 2.89. The van der Waals surface area contributed by atoms with Gasteiger partial charge in [0.2, 0.25) is 10.0 Å². The van der Waals surface area contributed by atoms with Crippen molar-refractivity contribution in [2.75, 3.05) is 20.6 Å². The zero-order valence-electron chi connectivity index (χ0n) is 16.8. The number of rotatable bonds is 8. The van der Waals surface area contributed by atoms with Gasteiger partial charge in [-0.3, -0.25) is 0 Å². The molecule has 5 nitrogen and oxygen atoms in total. The molecule has 0 spiro atoms. The lowest BCUT2D eigenvalue weighted by Crippen LogP contribution is -2.35. The predicted molar refractivity (Wildman–Crippen MR) is 121 cm³/mol. The van der Waals surface area contributed by atoms with Crippen molar-refractivity contribution in [2.24, 2.45) is 0 Å². The normalized spacial score (nSPS) is 12.7. The number of likely N-dealkylation sites (N-methyl/N-ethyl adjacent to an activating group) is 1. The Balaban J connectivity index is 1.79. The summed E-state index contributed by atoms with van der Waals surface area (Å²) in [5, 5.41) is 0.748. The summed E-state index contributed by atoms with van der Waals surface area (Å²) in [6, 6.07) is 16.0. The average molecular weight is 483 g/mol. The number of hydrogen-bond acceptors (Lipinski definition) is 4. The summed E-state index contributed by atoms with van der Waals surface area (Å²) in [7, 11) is -0.134. The molecule has 164 valence electrons. The van der Waals surface area contributed by atoms with Crippen LogP contribution in [0.25, 0.3) is 0 Å². The van der Waals surface area contributed by atoms with E-state index in [4.69, 9.17) is 27.9 Å². The number of halogens is 3. The molecule has 0 saturated heterocycles. The van der Waals surface area contributed by atoms with Crippen LogP contribution in [0.15, 0.2) is 71.6 Å². The van der Waals surface area contributed by atoms with E-state index in [1.54, 1.807) is 18.2 Å². The van der Waals surface area contributed by atoms with Crippen LogP contribution in [0.5, 0.6) is 11.5 Å². The van der Waals surface area contributed by atoms with E-state index in [-0.39, 0.29) is 10.7 Å². The first-order valence-electron chi connectivity index (χ1n) is 9.29. The van der Waals surface area contributed by atoms with E-state index in [1.807, 2.05) is 19.0 Å². The van der Waals surface area contributed by atoms with E-state index in [0.29, 0.717) is 33.7 Å². The van der Waals surface area contributed by atoms with Crippen molar-refractivity contribution < 1.29 is 17.5 Å². The lowest BCUT2D eigenvalue weighted by atomic mass is 10.1. The highest BCUT2D eigenvalue weighted by molar-refractivity contribution is 7.89. The number of hydrogen-bond donors (Lipinski definition) is 1. The van der Waals surface area contributed by atoms with Crippen LogP contribution in [0.4, 0.5) is 4.39 Å². The molecule has 0 aliphatic heterocycles. The van der Waals surface area contributed by atoms with Crippen LogP contribution >= 0.6 is 23.2 Å². The highest BCUT2D eigenvalue weighted by atomic mass is 35.5. The molecule has 0 aromatic heterocycles. The summed E-state index contributed by atoms with van der Waals surface area (Å²) >= 11 is 12.1. The topological polar surface area (TPSA) is 58.6 Å². The third kappa shape index (κ3) is 6.41. The molecule has 1 atom stereocenters. The Bertz CT molecular complexity index is 1140. The van der Waals surface area contributed by atoms with E-state index in [0.717, 1.165) is 0 Å². The summed E-state index contributed by atoms with van der Waals surface area (Å²) in [5.74, 6) is 0.509. The van der Waals surface area contributed by atoms with Crippen LogP contribution in [-0.4, -0.2) is 34.0 Å². The molecule has 0 amide bonds. The molecule has 31 heavy (non-hydrogen) atoms. The third-order valence-corrected chi connectivity index (χ3v) is 6.60. The van der Waals surface area contributed by atoms with Crippen LogP contribution < -0.4 is 9.46 Å². The Hall–Kier alpha value is -2.16. The van der Waals surface area contributed by atoms with E-state index >= 15 is 0 Å². The molecule has 0 radical (unpaired) electrons. The van der Waals surface area contributed by atoms with Gasteiger partial charge in [0.05, 0.1) is 21.0 Å². The maximum atomic E-state index is 13.0. The molecule has 9 heteroatoms. The summed E-state index contributed by atoms with van der Waals surface area (Å²) in [6.07, 6.45) is 0. The number of sulfonamides is 1. The summed E-state index contributed by atoms with van der Waals surface area (Å²) in [4.78, 5) is 1.96. The number of ether oxygens (including phenoxy) is 1. The average Bonchev–Trinajstić information content (AvgIpc) is 2.71. The first kappa shape index (κ1) is 23.5. The minimum atomic E-state index is -3.83. The van der Waals surface area contributed by atoms with Crippen molar-refractivity contribution in [1.82, 2.24) is 9.62 Å². The molecule has 0 bridgehead atoms. The minimum absolute atomic E-state index is 0.0859. The molecular formula is C22H21Cl2FN2O3S. The molecular weight excluding hydrogens is 462 g/mol. The van der Waals surface area contributed by atoms with Crippen LogP contribution in [-0.2, 0) is 10.0 Å². The number of benzene rings is 3. The Labute approximate surface area is 191 Å². The van der Waals surface area contributed by atoms with E-state index in [1.165, 1.54) is 48.5 Å². The molecule has 1 N–H and O–H groups in total. The van der Waals surface area contributed by atoms with Crippen molar-refractivity contribution in [3.05, 3.63) is 88.2 Å². The van der Waals surface area contributed by atoms with Gasteiger partial charge in [0.1, 0.15) is 17.3 Å². The van der Waals surface area contributed by atoms with Crippen molar-refractivity contribution >= 4 is 33.2 Å². The molecule has 3 rings (SSSR count). The lowest BCUT2D eigenvalue weighted by Gasteiger charge is -2.23. The van der Waals surface area contributed by atoms with Crippen molar-refractivity contribution in [3.8, 4) is 11.5 Å². The van der Waals surface area contributed by atoms with Gasteiger partial charge in [-0.1, -0.05) is 29.3 Å². The van der Waals surface area contributed by atoms with E-state index < -0.39 is 16.1 Å². The first-order chi connectivity index (χ1) is 14.6. The quantitative estimate of drug-likeness (QED) is 0.460. The van der Waals surface area contributed by atoms with Crippen molar-refractivity contribution in [3.63, 3.8) is 0 Å². The summed E-state index contributed by atoms with van der Waals surface area (Å²) < 4.78 is 47.3. The monoisotopic (exact) mass is 482 g/mol. The van der Waals surface area contributed by atoms with Crippen molar-refractivity contribution in [1.29, 1.82) is 0 Å². The molecule has 3 aromatic rings. The first-order valence-corrected chi connectivity index (χ1v) is 11.5. The minimum Gasteiger partial charge on any atom is -0.457 e. The summed E-state index contributed by atoms with van der Waals surface area (Å²) in [6.45, 7) is 0.420. The smallest absolute Gasteiger partial charge is 0.241 e. The van der Waals surface area contributed by atoms with Crippen LogP contribution in [0.1, 0.15) is 11.6 Å². The lowest BCUT2D eigenvalue weighted by molar-refractivity contribution is 0.363. The van der Waals surface area contributed by atoms with Gasteiger partial charge in [-0.25, -0.2) is 17.5 Å². The fraction of sp³-hybridized carbons (Fsp3) is 0.182. The van der Waals surface area contributed by atoms with Gasteiger partial charge < -0.3 is 9.64 Å². The second-order valence-corrected chi connectivity index (χ2v) is 9.67. The van der Waals surface area contributed by atoms with Gasteiger partial charge in [-0.05, 0) is 80.3 Å². The predicted octanol–water partition coefficient (Wildman–Crippen LogP) is 5.51. The number of nitrogens with one attached hydrogen (secondary N) is 1. The molecule has 0 aliphatic rings. The SMILES string of the molecule is CN(C)CC(NS(=O)(=O)c1ccc(Oc2ccc(F)cc2)cc1)c1ccc(Cl)c(Cl)c1. The fourth-order valence-corrected chi connectivity index (χ4v) is 4.41. The van der Waals surface area contributed by atoms with Crippen LogP contribution in [0.2, 0.25) is 10.0 Å². The second kappa shape index (κ2) is 9.97. The van der Waals surface area contributed by atoms with Gasteiger partial charge in [0.15, 0.2) is 0 Å². The Kier molecular flexibility index (Phi) is 7.56. The summed E-state index contributed by atoms with van der Waals surface area (Å²) in [5.41, 5.74) is 0.697. The van der Waals surface area contributed by atoms with Crippen LogP contribution in [0, 0.1) is 5.82 Å². The largest absolute Gasteiger partial charge is 0.457 e. The van der Waals surface area contributed by atoms with Gasteiger partial charge in [0, 0.05) is 6.54 Å². The standard InChI is InChI=1S/C22H21Cl2FN2O3S/c1-27(2)14-22(15-3-12-20(23)21(24)13-15)26-31(28,29)19-10-8-18(9-11-19)30-17-6-4-16(25)5-7-17/h3-13,22,26H,14H2,1-2H3. The van der Waals surface area contributed by atoms with Crippen LogP contribution in [0.3, 0.4) is 0 Å². The molecule has 0 saturated carbocycles. The van der Waals surface area contributed by atoms with Gasteiger partial charge in [-0.15, -0.1) is 0 Å². The highest BCUT2D eigenvalue weighted by Gasteiger charge is 2.23. The second-order valence-electron chi connectivity index (χ2n) is 7.14. The molecule has 1 unspecified atom stereocenters. The molecule has 0 aliphatic carbocycles. The van der Waals surface area contributed by atoms with Gasteiger partial charge in [0.25, 0.3) is 0 Å². The Morgan fingerprint density at radius 2 is 1.52 bits per heavy atom. The highest BCUT2D eigenvalue weighted by Crippen LogP contribution is 2.28.